The van der Waals surface area contributed by atoms with Gasteiger partial charge in [-0.2, -0.15) is 17.0 Å². The monoisotopic (exact) mass is 254 g/mol. The van der Waals surface area contributed by atoms with Crippen LogP contribution in [-0.2, 0) is 0 Å². The number of halogens is 1. The molecule has 0 heterocycles. The van der Waals surface area contributed by atoms with Crippen molar-refractivity contribution in [3.8, 4) is 6.07 Å². The lowest BCUT2D eigenvalue weighted by Gasteiger charge is -2.08. The number of nitrogens with one attached hydrogen (secondary N) is 1. The van der Waals surface area contributed by atoms with Gasteiger partial charge in [-0.15, -0.1) is 0 Å². The van der Waals surface area contributed by atoms with Crippen molar-refractivity contribution < 1.29 is 0 Å². The Morgan fingerprint density at radius 2 is 2.25 bits per heavy atom. The minimum Gasteiger partial charge on any atom is -0.384 e. The highest BCUT2D eigenvalue weighted by atomic mass is 35.5. The fraction of sp³-hybridized carbons (Fsp3) is 0.417. The van der Waals surface area contributed by atoms with Crippen molar-refractivity contribution in [2.75, 3.05) is 23.9 Å². The fourth-order valence-corrected chi connectivity index (χ4v) is 2.02. The Kier molecular flexibility index (Phi) is 6.14. The van der Waals surface area contributed by atoms with Crippen LogP contribution < -0.4 is 5.32 Å². The molecule has 0 bridgehead atoms. The molecule has 86 valence electrons. The molecule has 0 atom stereocenters. The summed E-state index contributed by atoms with van der Waals surface area (Å²) in [6.45, 7) is 0.885. The second-order valence-electron chi connectivity index (χ2n) is 3.43. The maximum absolute atomic E-state index is 8.91. The van der Waals surface area contributed by atoms with Crippen molar-refractivity contribution in [1.82, 2.24) is 0 Å². The van der Waals surface area contributed by atoms with E-state index in [0.717, 1.165) is 18.7 Å². The molecule has 1 aromatic carbocycles. The van der Waals surface area contributed by atoms with E-state index in [9.17, 15) is 0 Å². The standard InChI is InChI=1S/C12H15ClN2S/c1-16-7-3-2-6-15-12-8-11(13)5-4-10(12)9-14/h4-5,8,15H,2-3,6-7H2,1H3. The first-order chi connectivity index (χ1) is 7.77. The van der Waals surface area contributed by atoms with Crippen LogP contribution in [0.5, 0.6) is 0 Å². The zero-order chi connectivity index (χ0) is 11.8. The fourth-order valence-electron chi connectivity index (χ4n) is 1.35. The van der Waals surface area contributed by atoms with Crippen LogP contribution in [-0.4, -0.2) is 18.6 Å². The number of anilines is 1. The largest absolute Gasteiger partial charge is 0.384 e. The Hall–Kier alpha value is -0.850. The molecule has 4 heteroatoms. The second kappa shape index (κ2) is 7.43. The van der Waals surface area contributed by atoms with Gasteiger partial charge < -0.3 is 5.32 Å². The summed E-state index contributed by atoms with van der Waals surface area (Å²) in [5.74, 6) is 1.18. The Bertz CT molecular complexity index is 374. The number of nitrogens with zero attached hydrogens (tertiary/aromatic N) is 1. The number of rotatable bonds is 6. The molecular weight excluding hydrogens is 240 g/mol. The van der Waals surface area contributed by atoms with Crippen molar-refractivity contribution in [3.05, 3.63) is 28.8 Å². The summed E-state index contributed by atoms with van der Waals surface area (Å²) in [7, 11) is 0. The first-order valence-electron chi connectivity index (χ1n) is 5.20. The zero-order valence-electron chi connectivity index (χ0n) is 9.29. The Balaban J connectivity index is 2.46. The van der Waals surface area contributed by atoms with Crippen LogP contribution in [0.4, 0.5) is 5.69 Å². The topological polar surface area (TPSA) is 35.8 Å². The average Bonchev–Trinajstić information content (AvgIpc) is 2.29. The predicted octanol–water partition coefficient (Wildman–Crippen LogP) is 3.77. The Labute approximate surface area is 106 Å². The van der Waals surface area contributed by atoms with Gasteiger partial charge in [0, 0.05) is 11.6 Å². The second-order valence-corrected chi connectivity index (χ2v) is 4.85. The van der Waals surface area contributed by atoms with E-state index in [1.165, 1.54) is 12.2 Å². The van der Waals surface area contributed by atoms with E-state index in [1.807, 2.05) is 11.8 Å². The van der Waals surface area contributed by atoms with Gasteiger partial charge in [0.25, 0.3) is 0 Å². The van der Waals surface area contributed by atoms with E-state index < -0.39 is 0 Å². The van der Waals surface area contributed by atoms with Gasteiger partial charge in [-0.3, -0.25) is 0 Å². The molecule has 0 saturated carbocycles. The number of nitriles is 1. The van der Waals surface area contributed by atoms with Gasteiger partial charge >= 0.3 is 0 Å². The number of unbranched alkanes of at least 4 members (excludes halogenated alkanes) is 1. The zero-order valence-corrected chi connectivity index (χ0v) is 10.9. The molecule has 1 N–H and O–H groups in total. The van der Waals surface area contributed by atoms with Crippen molar-refractivity contribution >= 4 is 29.1 Å². The number of benzene rings is 1. The minimum atomic E-state index is 0.647. The molecule has 0 spiro atoms. The van der Waals surface area contributed by atoms with Gasteiger partial charge in [0.05, 0.1) is 11.3 Å². The van der Waals surface area contributed by atoms with E-state index >= 15 is 0 Å². The third-order valence-corrected chi connectivity index (χ3v) is 3.12. The molecule has 0 aliphatic heterocycles. The Morgan fingerprint density at radius 1 is 1.44 bits per heavy atom. The van der Waals surface area contributed by atoms with E-state index in [2.05, 4.69) is 17.6 Å². The summed E-state index contributed by atoms with van der Waals surface area (Å²) in [6, 6.07) is 7.43. The minimum absolute atomic E-state index is 0.647. The van der Waals surface area contributed by atoms with E-state index in [1.54, 1.807) is 18.2 Å². The summed E-state index contributed by atoms with van der Waals surface area (Å²) < 4.78 is 0. The summed E-state index contributed by atoms with van der Waals surface area (Å²) in [5.41, 5.74) is 1.48. The lowest BCUT2D eigenvalue weighted by molar-refractivity contribution is 0.843. The van der Waals surface area contributed by atoms with Crippen molar-refractivity contribution in [3.63, 3.8) is 0 Å². The van der Waals surface area contributed by atoms with Crippen LogP contribution in [0.15, 0.2) is 18.2 Å². The highest BCUT2D eigenvalue weighted by molar-refractivity contribution is 7.98. The highest BCUT2D eigenvalue weighted by Gasteiger charge is 2.01. The molecule has 0 fully saturated rings. The van der Waals surface area contributed by atoms with Crippen molar-refractivity contribution in [2.45, 2.75) is 12.8 Å². The van der Waals surface area contributed by atoms with Crippen LogP contribution in [0.3, 0.4) is 0 Å². The average molecular weight is 255 g/mol. The predicted molar refractivity (Wildman–Crippen MR) is 72.3 cm³/mol. The van der Waals surface area contributed by atoms with Gasteiger partial charge in [-0.25, -0.2) is 0 Å². The summed E-state index contributed by atoms with van der Waals surface area (Å²) in [4.78, 5) is 0. The van der Waals surface area contributed by atoms with Crippen LogP contribution >= 0.6 is 23.4 Å². The maximum Gasteiger partial charge on any atom is 0.101 e. The lowest BCUT2D eigenvalue weighted by atomic mass is 10.2. The molecular formula is C12H15ClN2S. The molecule has 16 heavy (non-hydrogen) atoms. The Morgan fingerprint density at radius 3 is 2.94 bits per heavy atom. The van der Waals surface area contributed by atoms with Crippen molar-refractivity contribution in [2.24, 2.45) is 0 Å². The molecule has 1 aromatic rings. The molecule has 0 saturated heterocycles. The molecule has 0 amide bonds. The molecule has 0 aliphatic carbocycles. The van der Waals surface area contributed by atoms with Gasteiger partial charge in [0.1, 0.15) is 6.07 Å². The first-order valence-corrected chi connectivity index (χ1v) is 6.97. The normalized spacial score (nSPS) is 9.81. The van der Waals surface area contributed by atoms with Gasteiger partial charge in [-0.1, -0.05) is 11.6 Å². The SMILES string of the molecule is CSCCCCNc1cc(Cl)ccc1C#N. The van der Waals surface area contributed by atoms with Gasteiger partial charge in [-0.05, 0) is 43.0 Å². The maximum atomic E-state index is 8.91. The van der Waals surface area contributed by atoms with Crippen LogP contribution in [0.2, 0.25) is 5.02 Å². The number of thioether (sulfide) groups is 1. The summed E-state index contributed by atoms with van der Waals surface area (Å²) in [6.07, 6.45) is 4.41. The van der Waals surface area contributed by atoms with Gasteiger partial charge in [0.15, 0.2) is 0 Å². The van der Waals surface area contributed by atoms with Crippen LogP contribution in [0.25, 0.3) is 0 Å². The number of hydrogen-bond donors (Lipinski definition) is 1. The van der Waals surface area contributed by atoms with Crippen LogP contribution in [0, 0.1) is 11.3 Å². The first kappa shape index (κ1) is 13.2. The van der Waals surface area contributed by atoms with Crippen molar-refractivity contribution in [1.29, 1.82) is 5.26 Å². The number of hydrogen-bond acceptors (Lipinski definition) is 3. The van der Waals surface area contributed by atoms with E-state index in [-0.39, 0.29) is 0 Å². The highest BCUT2D eigenvalue weighted by Crippen LogP contribution is 2.20. The lowest BCUT2D eigenvalue weighted by Crippen LogP contribution is -2.03. The van der Waals surface area contributed by atoms with E-state index in [4.69, 9.17) is 16.9 Å². The summed E-state index contributed by atoms with van der Waals surface area (Å²) in [5, 5.41) is 12.8. The van der Waals surface area contributed by atoms with Gasteiger partial charge in [0.2, 0.25) is 0 Å². The smallest absolute Gasteiger partial charge is 0.101 e. The molecule has 1 rings (SSSR count). The molecule has 0 radical (unpaired) electrons. The van der Waals surface area contributed by atoms with Crippen LogP contribution in [0.1, 0.15) is 18.4 Å². The third kappa shape index (κ3) is 4.34. The molecule has 2 nitrogen and oxygen atoms in total. The molecule has 0 unspecified atom stereocenters. The third-order valence-electron chi connectivity index (χ3n) is 2.19. The molecule has 0 aromatic heterocycles. The summed E-state index contributed by atoms with van der Waals surface area (Å²) >= 11 is 7.74. The van der Waals surface area contributed by atoms with E-state index in [0.29, 0.717) is 10.6 Å². The quantitative estimate of drug-likeness (QED) is 0.785. The molecule has 0 aliphatic rings.